The summed E-state index contributed by atoms with van der Waals surface area (Å²) < 4.78 is 0. The standard InChI is InChI=1S/C13H24N2O.C3H8.C2H6/c1-3-12(16)15-10-6-13(7-11-15)4-8-14(2)9-5-13;1-3-2;1-2/h3-11H2,1-2H3;3H2,1-2H3;1-2H3. The highest BCUT2D eigenvalue weighted by molar-refractivity contribution is 5.75. The Labute approximate surface area is 133 Å². The Hall–Kier alpha value is -0.570. The fourth-order valence-corrected chi connectivity index (χ4v) is 3.05. The Morgan fingerprint density at radius 3 is 1.67 bits per heavy atom. The van der Waals surface area contributed by atoms with Crippen LogP contribution in [0.2, 0.25) is 0 Å². The molecule has 2 saturated heterocycles. The lowest BCUT2D eigenvalue weighted by molar-refractivity contribution is -0.133. The van der Waals surface area contributed by atoms with E-state index in [1.807, 2.05) is 20.8 Å². The minimum absolute atomic E-state index is 0.336. The number of likely N-dealkylation sites (tertiary alicyclic amines) is 2. The largest absolute Gasteiger partial charge is 0.343 e. The Morgan fingerprint density at radius 2 is 1.29 bits per heavy atom. The second-order valence-corrected chi connectivity index (χ2v) is 6.24. The zero-order chi connectivity index (χ0) is 16.3. The maximum atomic E-state index is 11.6. The summed E-state index contributed by atoms with van der Waals surface area (Å²) >= 11 is 0. The molecule has 126 valence electrons. The number of carbonyl (C=O) groups excluding carboxylic acids is 1. The third-order valence-electron chi connectivity index (χ3n) is 4.53. The summed E-state index contributed by atoms with van der Waals surface area (Å²) in [5.41, 5.74) is 0.566. The van der Waals surface area contributed by atoms with E-state index in [9.17, 15) is 4.79 Å². The average Bonchev–Trinajstić information content (AvgIpc) is 2.53. The van der Waals surface area contributed by atoms with Crippen molar-refractivity contribution >= 4 is 5.91 Å². The molecule has 0 saturated carbocycles. The monoisotopic (exact) mass is 298 g/mol. The van der Waals surface area contributed by atoms with Gasteiger partial charge in [-0.3, -0.25) is 4.79 Å². The first-order valence-electron chi connectivity index (χ1n) is 9.03. The number of nitrogens with zero attached hydrogens (tertiary/aromatic N) is 2. The van der Waals surface area contributed by atoms with Crippen molar-refractivity contribution in [1.29, 1.82) is 0 Å². The minimum Gasteiger partial charge on any atom is -0.343 e. The fraction of sp³-hybridized carbons (Fsp3) is 0.944. The van der Waals surface area contributed by atoms with Crippen molar-refractivity contribution in [3.63, 3.8) is 0 Å². The zero-order valence-corrected chi connectivity index (χ0v) is 15.4. The van der Waals surface area contributed by atoms with Crippen LogP contribution in [0.1, 0.15) is 73.1 Å². The molecule has 3 nitrogen and oxygen atoms in total. The van der Waals surface area contributed by atoms with Gasteiger partial charge in [-0.2, -0.15) is 0 Å². The molecule has 1 spiro atoms. The number of carbonyl (C=O) groups is 1. The third kappa shape index (κ3) is 6.82. The first-order chi connectivity index (χ1) is 10.1. The van der Waals surface area contributed by atoms with Gasteiger partial charge in [0.2, 0.25) is 5.91 Å². The van der Waals surface area contributed by atoms with Gasteiger partial charge in [-0.25, -0.2) is 0 Å². The van der Waals surface area contributed by atoms with Crippen LogP contribution in [0.25, 0.3) is 0 Å². The van der Waals surface area contributed by atoms with Gasteiger partial charge < -0.3 is 9.80 Å². The number of hydrogen-bond acceptors (Lipinski definition) is 2. The van der Waals surface area contributed by atoms with Gasteiger partial charge in [0.25, 0.3) is 0 Å². The lowest BCUT2D eigenvalue weighted by Gasteiger charge is -2.46. The zero-order valence-electron chi connectivity index (χ0n) is 15.4. The van der Waals surface area contributed by atoms with Crippen LogP contribution in [0.5, 0.6) is 0 Å². The summed E-state index contributed by atoms with van der Waals surface area (Å²) in [4.78, 5) is 16.1. The normalized spacial score (nSPS) is 21.0. The number of rotatable bonds is 1. The predicted molar refractivity (Wildman–Crippen MR) is 92.6 cm³/mol. The van der Waals surface area contributed by atoms with Crippen molar-refractivity contribution < 1.29 is 4.79 Å². The topological polar surface area (TPSA) is 23.6 Å². The minimum atomic E-state index is 0.336. The summed E-state index contributed by atoms with van der Waals surface area (Å²) in [7, 11) is 2.21. The molecular formula is C18H38N2O. The van der Waals surface area contributed by atoms with Crippen LogP contribution < -0.4 is 0 Å². The van der Waals surface area contributed by atoms with E-state index in [0.29, 0.717) is 17.7 Å². The second kappa shape index (κ2) is 11.1. The smallest absolute Gasteiger partial charge is 0.222 e. The second-order valence-electron chi connectivity index (χ2n) is 6.24. The van der Waals surface area contributed by atoms with Crippen LogP contribution in [-0.4, -0.2) is 48.9 Å². The first kappa shape index (κ1) is 20.4. The Balaban J connectivity index is 0.000000713. The molecule has 1 amide bonds. The molecule has 2 rings (SSSR count). The van der Waals surface area contributed by atoms with Crippen LogP contribution in [0, 0.1) is 5.41 Å². The van der Waals surface area contributed by atoms with E-state index in [1.165, 1.54) is 45.2 Å². The highest BCUT2D eigenvalue weighted by Crippen LogP contribution is 2.40. The Morgan fingerprint density at radius 1 is 0.905 bits per heavy atom. The van der Waals surface area contributed by atoms with Crippen molar-refractivity contribution in [3.05, 3.63) is 0 Å². The molecule has 0 aromatic carbocycles. The van der Waals surface area contributed by atoms with Crippen molar-refractivity contribution in [2.24, 2.45) is 5.41 Å². The van der Waals surface area contributed by atoms with Gasteiger partial charge in [0.1, 0.15) is 0 Å². The molecule has 0 bridgehead atoms. The summed E-state index contributed by atoms with van der Waals surface area (Å²) in [5, 5.41) is 0. The van der Waals surface area contributed by atoms with E-state index < -0.39 is 0 Å². The summed E-state index contributed by atoms with van der Waals surface area (Å²) in [6.45, 7) is 14.7. The summed E-state index contributed by atoms with van der Waals surface area (Å²) in [5.74, 6) is 0.336. The average molecular weight is 299 g/mol. The molecule has 3 heteroatoms. The lowest BCUT2D eigenvalue weighted by Crippen LogP contribution is -2.47. The Kier molecular flexibility index (Phi) is 10.8. The highest BCUT2D eigenvalue weighted by Gasteiger charge is 2.37. The van der Waals surface area contributed by atoms with Crippen LogP contribution in [0.3, 0.4) is 0 Å². The number of amides is 1. The quantitative estimate of drug-likeness (QED) is 0.725. The highest BCUT2D eigenvalue weighted by atomic mass is 16.2. The maximum Gasteiger partial charge on any atom is 0.222 e. The van der Waals surface area contributed by atoms with Gasteiger partial charge in [0.05, 0.1) is 0 Å². The van der Waals surface area contributed by atoms with E-state index in [2.05, 4.69) is 30.7 Å². The van der Waals surface area contributed by atoms with Crippen LogP contribution >= 0.6 is 0 Å². The van der Waals surface area contributed by atoms with Crippen LogP contribution in [0.4, 0.5) is 0 Å². The molecule has 0 aromatic rings. The van der Waals surface area contributed by atoms with Crippen LogP contribution in [0.15, 0.2) is 0 Å². The molecular weight excluding hydrogens is 260 g/mol. The van der Waals surface area contributed by atoms with Crippen molar-refractivity contribution in [2.75, 3.05) is 33.2 Å². The predicted octanol–water partition coefficient (Wildman–Crippen LogP) is 4.17. The molecule has 0 atom stereocenters. The Bertz CT molecular complexity index is 260. The van der Waals surface area contributed by atoms with E-state index in [-0.39, 0.29) is 0 Å². The number of hydrogen-bond donors (Lipinski definition) is 0. The van der Waals surface area contributed by atoms with E-state index in [1.54, 1.807) is 0 Å². The lowest BCUT2D eigenvalue weighted by atomic mass is 9.71. The molecule has 0 aromatic heterocycles. The molecule has 0 aliphatic carbocycles. The van der Waals surface area contributed by atoms with Crippen molar-refractivity contribution in [1.82, 2.24) is 9.80 Å². The number of piperidine rings is 2. The first-order valence-corrected chi connectivity index (χ1v) is 9.03. The van der Waals surface area contributed by atoms with Crippen LogP contribution in [-0.2, 0) is 4.79 Å². The van der Waals surface area contributed by atoms with Gasteiger partial charge in [0, 0.05) is 19.5 Å². The third-order valence-corrected chi connectivity index (χ3v) is 4.53. The molecule has 2 aliphatic heterocycles. The fourth-order valence-electron chi connectivity index (χ4n) is 3.05. The van der Waals surface area contributed by atoms with Gasteiger partial charge in [-0.05, 0) is 51.2 Å². The molecule has 2 heterocycles. The van der Waals surface area contributed by atoms with Gasteiger partial charge >= 0.3 is 0 Å². The van der Waals surface area contributed by atoms with Gasteiger partial charge in [-0.1, -0.05) is 41.0 Å². The molecule has 2 aliphatic rings. The molecule has 21 heavy (non-hydrogen) atoms. The van der Waals surface area contributed by atoms with E-state index >= 15 is 0 Å². The van der Waals surface area contributed by atoms with Gasteiger partial charge in [0.15, 0.2) is 0 Å². The molecule has 0 radical (unpaired) electrons. The van der Waals surface area contributed by atoms with E-state index in [4.69, 9.17) is 0 Å². The molecule has 0 unspecified atom stereocenters. The van der Waals surface area contributed by atoms with Gasteiger partial charge in [-0.15, -0.1) is 0 Å². The summed E-state index contributed by atoms with van der Waals surface area (Å²) in [6, 6.07) is 0. The van der Waals surface area contributed by atoms with E-state index in [0.717, 1.165) is 13.1 Å². The SMILES string of the molecule is CC.CCC.CCC(=O)N1CCC2(CCN(C)CC2)CC1. The van der Waals surface area contributed by atoms with Crippen molar-refractivity contribution in [2.45, 2.75) is 73.1 Å². The molecule has 2 fully saturated rings. The van der Waals surface area contributed by atoms with Crippen molar-refractivity contribution in [3.8, 4) is 0 Å². The maximum absolute atomic E-state index is 11.6. The molecule has 0 N–H and O–H groups in total. The summed E-state index contributed by atoms with van der Waals surface area (Å²) in [6.07, 6.45) is 7.03.